The van der Waals surface area contributed by atoms with Crippen molar-refractivity contribution in [3.8, 4) is 34.1 Å². The molecule has 5 nitrogen and oxygen atoms in total. The van der Waals surface area contributed by atoms with Crippen LogP contribution in [0.1, 0.15) is 81.2 Å². The first-order chi connectivity index (χ1) is 23.3. The van der Waals surface area contributed by atoms with Crippen LogP contribution in [-0.4, -0.2) is 19.3 Å². The van der Waals surface area contributed by atoms with Crippen molar-refractivity contribution in [2.45, 2.75) is 73.1 Å². The van der Waals surface area contributed by atoms with Gasteiger partial charge in [0.2, 0.25) is 0 Å². The number of para-hydroxylation sites is 1. The molecule has 3 aromatic heterocycles. The molecule has 7 aromatic rings. The van der Waals surface area contributed by atoms with Gasteiger partial charge in [0.15, 0.2) is 0 Å². The van der Waals surface area contributed by atoms with E-state index in [4.69, 9.17) is 14.8 Å². The van der Waals surface area contributed by atoms with Gasteiger partial charge in [0, 0.05) is 40.9 Å². The summed E-state index contributed by atoms with van der Waals surface area (Å²) in [6.45, 7) is 15.9. The number of benzene rings is 4. The molecule has 0 unspecified atom stereocenters. The van der Waals surface area contributed by atoms with E-state index in [1.807, 2.05) is 41.3 Å². The maximum Gasteiger partial charge on any atom is 0.137 e. The van der Waals surface area contributed by atoms with E-state index in [9.17, 15) is 0 Å². The fraction of sp³-hybridized carbons (Fsp3) is 0.256. The maximum atomic E-state index is 6.53. The minimum absolute atomic E-state index is 0.458. The molecule has 0 fully saturated rings. The first-order valence-electron chi connectivity index (χ1n) is 17.2. The standard InChI is InChI=1S/C43H44N4O/c1-8-34-38(27(3)4)24-39(28(5)6)35(9-2)43(34)30-25-45-46(26-30)31-13-12-14-32(22-31)48-33-17-18-37-36-15-10-11-16-40(36)47(41(37)23-33)42-21-29(7)19-20-44-42/h10-28H,8-9H2,1-7H3. The molecule has 5 heteroatoms. The van der Waals surface area contributed by atoms with E-state index in [0.717, 1.165) is 46.9 Å². The Kier molecular flexibility index (Phi) is 8.38. The number of hydrogen-bond donors (Lipinski definition) is 0. The van der Waals surface area contributed by atoms with Crippen LogP contribution < -0.4 is 4.74 Å². The molecule has 0 aliphatic rings. The second-order valence-electron chi connectivity index (χ2n) is 13.4. The Bertz CT molecular complexity index is 2230. The predicted octanol–water partition coefficient (Wildman–Crippen LogP) is 11.5. The summed E-state index contributed by atoms with van der Waals surface area (Å²) in [6, 6.07) is 29.6. The Balaban J connectivity index is 1.26. The lowest BCUT2D eigenvalue weighted by Gasteiger charge is -2.24. The highest BCUT2D eigenvalue weighted by Gasteiger charge is 2.22. The number of pyridine rings is 1. The summed E-state index contributed by atoms with van der Waals surface area (Å²) in [5, 5.41) is 7.24. The summed E-state index contributed by atoms with van der Waals surface area (Å²) < 4.78 is 10.7. The fourth-order valence-electron chi connectivity index (χ4n) is 7.27. The van der Waals surface area contributed by atoms with Gasteiger partial charge in [0.1, 0.15) is 17.3 Å². The number of nitrogens with zero attached hydrogens (tertiary/aromatic N) is 4. The molecule has 48 heavy (non-hydrogen) atoms. The van der Waals surface area contributed by atoms with Gasteiger partial charge in [-0.25, -0.2) is 9.67 Å². The smallest absolute Gasteiger partial charge is 0.137 e. The number of rotatable bonds is 9. The van der Waals surface area contributed by atoms with Crippen LogP contribution in [0.4, 0.5) is 0 Å². The zero-order chi connectivity index (χ0) is 33.5. The molecule has 0 amide bonds. The Hall–Kier alpha value is -5.16. The number of ether oxygens (including phenoxy) is 1. The second kappa shape index (κ2) is 12.8. The predicted molar refractivity (Wildman–Crippen MR) is 199 cm³/mol. The minimum Gasteiger partial charge on any atom is -0.457 e. The van der Waals surface area contributed by atoms with Gasteiger partial charge < -0.3 is 4.74 Å². The molecule has 0 saturated heterocycles. The fourth-order valence-corrected chi connectivity index (χ4v) is 7.27. The van der Waals surface area contributed by atoms with Crippen molar-refractivity contribution in [2.24, 2.45) is 0 Å². The maximum absolute atomic E-state index is 6.53. The lowest BCUT2D eigenvalue weighted by molar-refractivity contribution is 0.483. The summed E-state index contributed by atoms with van der Waals surface area (Å²) in [5.74, 6) is 3.34. The van der Waals surface area contributed by atoms with Crippen LogP contribution >= 0.6 is 0 Å². The van der Waals surface area contributed by atoms with Crippen LogP contribution in [0.5, 0.6) is 11.5 Å². The summed E-state index contributed by atoms with van der Waals surface area (Å²) in [4.78, 5) is 4.73. The van der Waals surface area contributed by atoms with Crippen molar-refractivity contribution in [1.82, 2.24) is 19.3 Å². The molecule has 242 valence electrons. The Morgan fingerprint density at radius 1 is 0.708 bits per heavy atom. The zero-order valence-electron chi connectivity index (χ0n) is 29.1. The molecule has 0 N–H and O–H groups in total. The van der Waals surface area contributed by atoms with Gasteiger partial charge in [-0.05, 0) is 107 Å². The van der Waals surface area contributed by atoms with E-state index in [1.165, 1.54) is 49.7 Å². The van der Waals surface area contributed by atoms with Crippen LogP contribution in [0.15, 0.2) is 104 Å². The van der Waals surface area contributed by atoms with Gasteiger partial charge in [-0.2, -0.15) is 5.10 Å². The zero-order valence-corrected chi connectivity index (χ0v) is 29.1. The van der Waals surface area contributed by atoms with Crippen LogP contribution in [-0.2, 0) is 12.8 Å². The van der Waals surface area contributed by atoms with Crippen molar-refractivity contribution in [3.05, 3.63) is 131 Å². The molecular formula is C43H44N4O. The highest BCUT2D eigenvalue weighted by atomic mass is 16.5. The summed E-state index contributed by atoms with van der Waals surface area (Å²) >= 11 is 0. The van der Waals surface area contributed by atoms with Crippen molar-refractivity contribution in [3.63, 3.8) is 0 Å². The third-order valence-electron chi connectivity index (χ3n) is 9.53. The average molecular weight is 633 g/mol. The van der Waals surface area contributed by atoms with Gasteiger partial charge in [0.05, 0.1) is 22.9 Å². The lowest BCUT2D eigenvalue weighted by Crippen LogP contribution is -2.07. The third-order valence-corrected chi connectivity index (χ3v) is 9.53. The number of hydrogen-bond acceptors (Lipinski definition) is 3. The van der Waals surface area contributed by atoms with Gasteiger partial charge in [-0.1, -0.05) is 71.9 Å². The summed E-state index contributed by atoms with van der Waals surface area (Å²) in [6.07, 6.45) is 8.06. The van der Waals surface area contributed by atoms with Gasteiger partial charge in [0.25, 0.3) is 0 Å². The van der Waals surface area contributed by atoms with Gasteiger partial charge in [-0.15, -0.1) is 0 Å². The second-order valence-corrected chi connectivity index (χ2v) is 13.4. The highest BCUT2D eigenvalue weighted by Crippen LogP contribution is 2.40. The Labute approximate surface area is 283 Å². The molecule has 4 aromatic carbocycles. The number of aromatic nitrogens is 4. The molecule has 0 aliphatic carbocycles. The molecule has 3 heterocycles. The minimum atomic E-state index is 0.458. The highest BCUT2D eigenvalue weighted by molar-refractivity contribution is 6.09. The largest absolute Gasteiger partial charge is 0.457 e. The summed E-state index contributed by atoms with van der Waals surface area (Å²) in [5.41, 5.74) is 12.6. The van der Waals surface area contributed by atoms with Crippen molar-refractivity contribution >= 4 is 21.8 Å². The molecule has 0 spiro atoms. The molecule has 7 rings (SSSR count). The first-order valence-corrected chi connectivity index (χ1v) is 17.2. The quantitative estimate of drug-likeness (QED) is 0.159. The van der Waals surface area contributed by atoms with Crippen LogP contribution in [0.25, 0.3) is 44.4 Å². The van der Waals surface area contributed by atoms with Crippen molar-refractivity contribution < 1.29 is 4.74 Å². The average Bonchev–Trinajstić information content (AvgIpc) is 3.70. The Morgan fingerprint density at radius 2 is 1.42 bits per heavy atom. The molecular weight excluding hydrogens is 589 g/mol. The monoisotopic (exact) mass is 632 g/mol. The van der Waals surface area contributed by atoms with Gasteiger partial charge in [-0.3, -0.25) is 4.57 Å². The van der Waals surface area contributed by atoms with E-state index < -0.39 is 0 Å². The van der Waals surface area contributed by atoms with E-state index in [2.05, 4.69) is 120 Å². The third kappa shape index (κ3) is 5.57. The molecule has 0 bridgehead atoms. The SMILES string of the molecule is CCc1c(C(C)C)cc(C(C)C)c(CC)c1-c1cnn(-c2cccc(Oc3ccc4c5ccccc5n(-c5cc(C)ccn5)c4c3)c2)c1. The molecule has 0 radical (unpaired) electrons. The number of fused-ring (bicyclic) bond motifs is 3. The van der Waals surface area contributed by atoms with Crippen LogP contribution in [0, 0.1) is 6.92 Å². The lowest BCUT2D eigenvalue weighted by atomic mass is 9.80. The van der Waals surface area contributed by atoms with Crippen molar-refractivity contribution in [1.29, 1.82) is 0 Å². The van der Waals surface area contributed by atoms with E-state index in [1.54, 1.807) is 0 Å². The Morgan fingerprint density at radius 3 is 2.12 bits per heavy atom. The topological polar surface area (TPSA) is 44.9 Å². The normalized spacial score (nSPS) is 11.8. The van der Waals surface area contributed by atoms with Gasteiger partial charge >= 0.3 is 0 Å². The first kappa shape index (κ1) is 31.4. The van der Waals surface area contributed by atoms with Crippen LogP contribution in [0.2, 0.25) is 0 Å². The van der Waals surface area contributed by atoms with E-state index >= 15 is 0 Å². The van der Waals surface area contributed by atoms with Crippen molar-refractivity contribution in [2.75, 3.05) is 0 Å². The van der Waals surface area contributed by atoms with Crippen LogP contribution in [0.3, 0.4) is 0 Å². The van der Waals surface area contributed by atoms with E-state index in [-0.39, 0.29) is 0 Å². The molecule has 0 atom stereocenters. The molecule has 0 saturated carbocycles. The molecule has 0 aliphatic heterocycles. The number of aryl methyl sites for hydroxylation is 1. The summed E-state index contributed by atoms with van der Waals surface area (Å²) in [7, 11) is 0. The van der Waals surface area contributed by atoms with E-state index in [0.29, 0.717) is 11.8 Å².